The second-order valence-electron chi connectivity index (χ2n) is 13.2. The Labute approximate surface area is 255 Å². The smallest absolute Gasteiger partial charge is 0.253 e. The van der Waals surface area contributed by atoms with Crippen LogP contribution in [0.1, 0.15) is 86.4 Å². The van der Waals surface area contributed by atoms with Crippen LogP contribution in [0.2, 0.25) is 0 Å². The minimum Gasteiger partial charge on any atom is -0.348 e. The van der Waals surface area contributed by atoms with Crippen LogP contribution in [0.5, 0.6) is 0 Å². The number of pyridine rings is 2. The molecule has 0 radical (unpaired) electrons. The van der Waals surface area contributed by atoms with E-state index >= 15 is 0 Å². The monoisotopic (exact) mass is 598 g/mol. The molecular formula is C33H39FN8O2. The number of rotatable bonds is 4. The number of fused-ring (bicyclic) bond motifs is 3. The van der Waals surface area contributed by atoms with Crippen molar-refractivity contribution in [3.8, 4) is 11.5 Å². The molecule has 6 heterocycles. The summed E-state index contributed by atoms with van der Waals surface area (Å²) in [6.07, 6.45) is 8.33. The average Bonchev–Trinajstić information content (AvgIpc) is 3.94. The summed E-state index contributed by atoms with van der Waals surface area (Å²) in [6.45, 7) is 3.86. The van der Waals surface area contributed by atoms with E-state index in [2.05, 4.69) is 37.2 Å². The van der Waals surface area contributed by atoms with Gasteiger partial charge in [0.15, 0.2) is 11.5 Å². The van der Waals surface area contributed by atoms with Crippen molar-refractivity contribution in [3.63, 3.8) is 0 Å². The van der Waals surface area contributed by atoms with Crippen LogP contribution in [0.25, 0.3) is 33.7 Å². The molecule has 11 heteroatoms. The normalized spacial score (nSPS) is 27.6. The Morgan fingerprint density at radius 1 is 1.07 bits per heavy atom. The largest absolute Gasteiger partial charge is 0.348 e. The Morgan fingerprint density at radius 3 is 2.80 bits per heavy atom. The lowest BCUT2D eigenvalue weighted by atomic mass is 10.1. The standard InChI is InChI=1S/C33H39FN8O2/c1-18-25-9-6-20-15-28(41(29(20)38-25)12-4-2-3-5-19-13-23(19)33(44)37-18)31-39-26-14-21(16-36-30(26)42(31)22-7-8-22)32(43)40-27-17-35-11-10-24(27)34/h6,9,14-16,18-19,22-24,27,35H,2-5,7-8,10-13,17H2,1H3,(H,37,44)(H,40,43)/t18-,19-,23-,24+,27+/m1/s1. The summed E-state index contributed by atoms with van der Waals surface area (Å²) in [6, 6.07) is 7.61. The Morgan fingerprint density at radius 2 is 1.95 bits per heavy atom. The molecule has 0 spiro atoms. The molecule has 4 aliphatic rings. The van der Waals surface area contributed by atoms with Gasteiger partial charge in [-0.25, -0.2) is 19.3 Å². The van der Waals surface area contributed by atoms with Crippen LogP contribution in [0, 0.1) is 11.8 Å². The van der Waals surface area contributed by atoms with Crippen molar-refractivity contribution in [1.29, 1.82) is 0 Å². The number of alkyl halides is 1. The van der Waals surface area contributed by atoms with Crippen molar-refractivity contribution in [2.75, 3.05) is 13.1 Å². The molecule has 0 aromatic carbocycles. The van der Waals surface area contributed by atoms with Crippen molar-refractivity contribution in [3.05, 3.63) is 41.7 Å². The van der Waals surface area contributed by atoms with Gasteiger partial charge in [0.2, 0.25) is 5.91 Å². The number of aryl methyl sites for hydroxylation is 1. The van der Waals surface area contributed by atoms with Gasteiger partial charge < -0.3 is 25.1 Å². The zero-order valence-corrected chi connectivity index (χ0v) is 25.1. The predicted octanol–water partition coefficient (Wildman–Crippen LogP) is 4.60. The molecule has 10 nitrogen and oxygen atoms in total. The molecule has 2 aliphatic heterocycles. The average molecular weight is 599 g/mol. The van der Waals surface area contributed by atoms with Crippen molar-refractivity contribution in [2.45, 2.75) is 89.1 Å². The van der Waals surface area contributed by atoms with Gasteiger partial charge in [-0.3, -0.25) is 9.59 Å². The fourth-order valence-electron chi connectivity index (χ4n) is 7.12. The minimum atomic E-state index is -1.07. The summed E-state index contributed by atoms with van der Waals surface area (Å²) in [5.41, 5.74) is 4.52. The highest BCUT2D eigenvalue weighted by Gasteiger charge is 2.42. The molecule has 0 unspecified atom stereocenters. The molecule has 2 amide bonds. The molecule has 2 bridgehead atoms. The van der Waals surface area contributed by atoms with Crippen LogP contribution < -0.4 is 16.0 Å². The molecule has 44 heavy (non-hydrogen) atoms. The Kier molecular flexibility index (Phi) is 6.88. The molecule has 4 aromatic rings. The first-order valence-corrected chi connectivity index (χ1v) is 16.3. The van der Waals surface area contributed by atoms with Gasteiger partial charge in [-0.2, -0.15) is 0 Å². The van der Waals surface area contributed by atoms with E-state index in [1.807, 2.05) is 13.0 Å². The number of amides is 2. The summed E-state index contributed by atoms with van der Waals surface area (Å²) in [5, 5.41) is 10.2. The number of piperidine rings is 1. The first-order chi connectivity index (χ1) is 21.4. The van der Waals surface area contributed by atoms with Crippen molar-refractivity contribution in [1.82, 2.24) is 40.0 Å². The zero-order valence-electron chi connectivity index (χ0n) is 25.1. The lowest BCUT2D eigenvalue weighted by Crippen LogP contribution is -2.52. The van der Waals surface area contributed by atoms with Crippen molar-refractivity contribution < 1.29 is 14.0 Å². The highest BCUT2D eigenvalue weighted by molar-refractivity contribution is 5.97. The zero-order chi connectivity index (χ0) is 29.9. The quantitative estimate of drug-likeness (QED) is 0.316. The van der Waals surface area contributed by atoms with Gasteiger partial charge in [0, 0.05) is 36.6 Å². The first kappa shape index (κ1) is 27.7. The lowest BCUT2D eigenvalue weighted by molar-refractivity contribution is -0.123. The molecule has 230 valence electrons. The molecule has 4 aromatic heterocycles. The maximum absolute atomic E-state index is 14.4. The highest BCUT2D eigenvalue weighted by Crippen LogP contribution is 2.44. The van der Waals surface area contributed by atoms with Crippen LogP contribution in [0.4, 0.5) is 4.39 Å². The minimum absolute atomic E-state index is 0.149. The Hall–Kier alpha value is -3.86. The number of nitrogens with zero attached hydrogens (tertiary/aromatic N) is 5. The number of hydrogen-bond acceptors (Lipinski definition) is 6. The van der Waals surface area contributed by atoms with E-state index in [0.29, 0.717) is 42.6 Å². The Bertz CT molecular complexity index is 1760. The third-order valence-electron chi connectivity index (χ3n) is 9.93. The highest BCUT2D eigenvalue weighted by atomic mass is 19.1. The van der Waals surface area contributed by atoms with Gasteiger partial charge in [0.05, 0.1) is 29.0 Å². The van der Waals surface area contributed by atoms with Crippen LogP contribution in [0.15, 0.2) is 30.5 Å². The summed E-state index contributed by atoms with van der Waals surface area (Å²) in [7, 11) is 0. The maximum Gasteiger partial charge on any atom is 0.253 e. The fraction of sp³-hybridized carbons (Fsp3) is 0.545. The van der Waals surface area contributed by atoms with Crippen LogP contribution in [-0.2, 0) is 11.3 Å². The van der Waals surface area contributed by atoms with Gasteiger partial charge >= 0.3 is 0 Å². The molecule has 8 rings (SSSR count). The Balaban J connectivity index is 1.18. The fourth-order valence-corrected chi connectivity index (χ4v) is 7.12. The number of nitrogens with one attached hydrogen (secondary N) is 3. The summed E-state index contributed by atoms with van der Waals surface area (Å²) >= 11 is 0. The summed E-state index contributed by atoms with van der Waals surface area (Å²) < 4.78 is 18.9. The number of carbonyl (C=O) groups excluding carboxylic acids is 2. The van der Waals surface area contributed by atoms with Crippen LogP contribution >= 0.6 is 0 Å². The molecule has 2 saturated carbocycles. The number of hydrogen-bond donors (Lipinski definition) is 3. The third-order valence-corrected chi connectivity index (χ3v) is 9.93. The third kappa shape index (κ3) is 5.04. The molecule has 1 saturated heterocycles. The number of imidazole rings is 1. The van der Waals surface area contributed by atoms with E-state index < -0.39 is 12.2 Å². The second-order valence-corrected chi connectivity index (χ2v) is 13.2. The number of carbonyl (C=O) groups is 2. The van der Waals surface area contributed by atoms with Crippen molar-refractivity contribution in [2.24, 2.45) is 11.8 Å². The van der Waals surface area contributed by atoms with Gasteiger partial charge in [0.1, 0.15) is 17.3 Å². The topological polar surface area (TPSA) is 119 Å². The maximum atomic E-state index is 14.4. The van der Waals surface area contributed by atoms with Gasteiger partial charge in [0.25, 0.3) is 5.91 Å². The summed E-state index contributed by atoms with van der Waals surface area (Å²) in [4.78, 5) is 40.9. The van der Waals surface area contributed by atoms with Crippen LogP contribution in [0.3, 0.4) is 0 Å². The number of aromatic nitrogens is 5. The van der Waals surface area contributed by atoms with Gasteiger partial charge in [-0.15, -0.1) is 0 Å². The molecule has 5 atom stereocenters. The molecular weight excluding hydrogens is 559 g/mol. The first-order valence-electron chi connectivity index (χ1n) is 16.3. The predicted molar refractivity (Wildman–Crippen MR) is 165 cm³/mol. The van der Waals surface area contributed by atoms with Gasteiger partial charge in [-0.05, 0) is 82.2 Å². The lowest BCUT2D eigenvalue weighted by Gasteiger charge is -2.27. The van der Waals surface area contributed by atoms with E-state index in [9.17, 15) is 14.0 Å². The second kappa shape index (κ2) is 10.9. The molecule has 3 N–H and O–H groups in total. The molecule has 3 fully saturated rings. The SMILES string of the molecule is C[C@H]1NC(=O)[C@@H]2C[C@H]2CCCCCn2c(-c3nc4cc(C(=O)N[C@H]5CNCC[C@@H]5F)cnc4n3C3CC3)cc3ccc1nc32. The van der Waals surface area contributed by atoms with E-state index in [4.69, 9.17) is 15.0 Å². The molecule has 2 aliphatic carbocycles. The van der Waals surface area contributed by atoms with E-state index in [-0.39, 0.29) is 23.8 Å². The van der Waals surface area contributed by atoms with E-state index in [1.165, 1.54) is 0 Å². The number of halogens is 1. The summed E-state index contributed by atoms with van der Waals surface area (Å²) in [5.74, 6) is 1.30. The van der Waals surface area contributed by atoms with Crippen molar-refractivity contribution >= 4 is 34.0 Å². The van der Waals surface area contributed by atoms with Crippen LogP contribution in [-0.4, -0.2) is 61.2 Å². The van der Waals surface area contributed by atoms with Gasteiger partial charge in [-0.1, -0.05) is 12.8 Å². The van der Waals surface area contributed by atoms with E-state index in [0.717, 1.165) is 85.4 Å². The van der Waals surface area contributed by atoms with E-state index in [1.54, 1.807) is 12.3 Å².